The van der Waals surface area contributed by atoms with Crippen molar-refractivity contribution in [3.05, 3.63) is 5.82 Å². The Labute approximate surface area is 103 Å². The molecule has 2 N–H and O–H groups in total. The van der Waals surface area contributed by atoms with Gasteiger partial charge in [-0.05, 0) is 6.42 Å². The molecule has 1 aromatic rings. The largest absolute Gasteiger partial charge is 0.481 e. The van der Waals surface area contributed by atoms with Crippen molar-refractivity contribution in [1.82, 2.24) is 14.8 Å². The van der Waals surface area contributed by atoms with E-state index >= 15 is 0 Å². The first-order valence-electron chi connectivity index (χ1n) is 5.05. The van der Waals surface area contributed by atoms with Crippen molar-refractivity contribution in [2.45, 2.75) is 24.7 Å². The van der Waals surface area contributed by atoms with Gasteiger partial charge in [0.1, 0.15) is 6.61 Å². The normalized spacial score (nSPS) is 10.7. The summed E-state index contributed by atoms with van der Waals surface area (Å²) in [6, 6.07) is 0. The lowest BCUT2D eigenvalue weighted by Crippen LogP contribution is -2.08. The summed E-state index contributed by atoms with van der Waals surface area (Å²) in [5, 5.41) is 25.8. The summed E-state index contributed by atoms with van der Waals surface area (Å²) >= 11 is 1.09. The van der Waals surface area contributed by atoms with Gasteiger partial charge in [0.2, 0.25) is 0 Å². The number of aromatic nitrogens is 3. The lowest BCUT2D eigenvalue weighted by molar-refractivity contribution is -0.133. The summed E-state index contributed by atoms with van der Waals surface area (Å²) < 4.78 is 6.65. The van der Waals surface area contributed by atoms with Gasteiger partial charge in [-0.2, -0.15) is 0 Å². The Morgan fingerprint density at radius 1 is 1.53 bits per heavy atom. The number of carboxylic acid groups (broad SMARTS) is 1. The molecule has 0 unspecified atom stereocenters. The quantitative estimate of drug-likeness (QED) is 0.501. The Bertz CT molecular complexity index is 369. The number of methoxy groups -OCH3 is 1. The van der Waals surface area contributed by atoms with Gasteiger partial charge in [0.25, 0.3) is 0 Å². The van der Waals surface area contributed by atoms with Gasteiger partial charge in [0.15, 0.2) is 11.0 Å². The monoisotopic (exact) mass is 261 g/mol. The average Bonchev–Trinajstić information content (AvgIpc) is 2.69. The van der Waals surface area contributed by atoms with E-state index in [4.69, 9.17) is 14.9 Å². The predicted octanol–water partition coefficient (Wildman–Crippen LogP) is -0.0164. The molecule has 0 aromatic carbocycles. The molecule has 0 spiro atoms. The molecule has 1 rings (SSSR count). The van der Waals surface area contributed by atoms with Crippen LogP contribution < -0.4 is 0 Å². The van der Waals surface area contributed by atoms with E-state index in [1.165, 1.54) is 0 Å². The van der Waals surface area contributed by atoms with Crippen molar-refractivity contribution >= 4 is 17.7 Å². The first kappa shape index (κ1) is 13.9. The van der Waals surface area contributed by atoms with Crippen LogP contribution in [0.5, 0.6) is 0 Å². The van der Waals surface area contributed by atoms with E-state index in [2.05, 4.69) is 10.2 Å². The van der Waals surface area contributed by atoms with E-state index in [0.717, 1.165) is 18.2 Å². The summed E-state index contributed by atoms with van der Waals surface area (Å²) in [7, 11) is 1.61. The fraction of sp³-hybridized carbons (Fsp3) is 0.667. The van der Waals surface area contributed by atoms with Crippen LogP contribution in [0.1, 0.15) is 12.2 Å². The number of hydrogen-bond acceptors (Lipinski definition) is 6. The molecule has 0 bridgehead atoms. The topological polar surface area (TPSA) is 97.5 Å². The lowest BCUT2D eigenvalue weighted by Gasteiger charge is -2.07. The Balaban J connectivity index is 2.67. The van der Waals surface area contributed by atoms with Gasteiger partial charge in [0, 0.05) is 20.3 Å². The van der Waals surface area contributed by atoms with E-state index in [1.54, 1.807) is 11.7 Å². The zero-order valence-electron chi connectivity index (χ0n) is 9.50. The highest BCUT2D eigenvalue weighted by atomic mass is 32.2. The van der Waals surface area contributed by atoms with E-state index in [-0.39, 0.29) is 12.4 Å². The average molecular weight is 261 g/mol. The fourth-order valence-electron chi connectivity index (χ4n) is 1.26. The van der Waals surface area contributed by atoms with Gasteiger partial charge in [-0.15, -0.1) is 10.2 Å². The molecular formula is C9H15N3O4S. The number of aliphatic carboxylic acids is 1. The molecule has 17 heavy (non-hydrogen) atoms. The number of carbonyl (C=O) groups is 1. The van der Waals surface area contributed by atoms with Crippen molar-refractivity contribution in [2.75, 3.05) is 19.5 Å². The third-order valence-electron chi connectivity index (χ3n) is 1.99. The molecule has 0 aliphatic carbocycles. The van der Waals surface area contributed by atoms with E-state index < -0.39 is 5.97 Å². The maximum atomic E-state index is 10.5. The third-order valence-corrected chi connectivity index (χ3v) is 2.94. The van der Waals surface area contributed by atoms with E-state index in [1.807, 2.05) is 0 Å². The van der Waals surface area contributed by atoms with Crippen LogP contribution in [-0.2, 0) is 22.7 Å². The summed E-state index contributed by atoms with van der Waals surface area (Å²) in [5.74, 6) is -0.547. The number of thioether (sulfide) groups is 1. The maximum absolute atomic E-state index is 10.5. The molecule has 1 aromatic heterocycles. The van der Waals surface area contributed by atoms with Gasteiger partial charge in [0.05, 0.1) is 5.75 Å². The zero-order chi connectivity index (χ0) is 12.7. The second-order valence-corrected chi connectivity index (χ2v) is 4.18. The van der Waals surface area contributed by atoms with Crippen LogP contribution in [0.3, 0.4) is 0 Å². The van der Waals surface area contributed by atoms with Gasteiger partial charge in [-0.3, -0.25) is 4.79 Å². The minimum atomic E-state index is -0.910. The van der Waals surface area contributed by atoms with Crippen LogP contribution in [0.4, 0.5) is 0 Å². The molecule has 0 saturated carbocycles. The smallest absolute Gasteiger partial charge is 0.313 e. The van der Waals surface area contributed by atoms with E-state index in [9.17, 15) is 4.79 Å². The van der Waals surface area contributed by atoms with Crippen LogP contribution >= 0.6 is 11.8 Å². The SMILES string of the molecule is COCCCn1c(CO)nnc1SCC(=O)O. The van der Waals surface area contributed by atoms with Crippen LogP contribution in [0, 0.1) is 0 Å². The molecule has 7 nitrogen and oxygen atoms in total. The molecule has 0 radical (unpaired) electrons. The first-order chi connectivity index (χ1) is 8.19. The summed E-state index contributed by atoms with van der Waals surface area (Å²) in [4.78, 5) is 10.5. The van der Waals surface area contributed by atoms with Crippen LogP contribution in [0.2, 0.25) is 0 Å². The number of aliphatic hydroxyl groups is 1. The fourth-order valence-corrected chi connectivity index (χ4v) is 1.96. The first-order valence-corrected chi connectivity index (χ1v) is 6.04. The second-order valence-electron chi connectivity index (χ2n) is 3.24. The molecule has 0 saturated heterocycles. The predicted molar refractivity (Wildman–Crippen MR) is 60.8 cm³/mol. The van der Waals surface area contributed by atoms with Crippen LogP contribution in [0.25, 0.3) is 0 Å². The minimum absolute atomic E-state index is 0.0756. The van der Waals surface area contributed by atoms with Crippen LogP contribution in [-0.4, -0.2) is 50.4 Å². The Morgan fingerprint density at radius 2 is 2.29 bits per heavy atom. The van der Waals surface area contributed by atoms with Crippen molar-refractivity contribution in [3.8, 4) is 0 Å². The number of aliphatic hydroxyl groups excluding tert-OH is 1. The Morgan fingerprint density at radius 3 is 2.88 bits per heavy atom. The van der Waals surface area contributed by atoms with Gasteiger partial charge >= 0.3 is 5.97 Å². The third kappa shape index (κ3) is 4.33. The van der Waals surface area contributed by atoms with E-state index in [0.29, 0.717) is 24.1 Å². The molecule has 0 aliphatic heterocycles. The lowest BCUT2D eigenvalue weighted by atomic mass is 10.4. The summed E-state index contributed by atoms with van der Waals surface area (Å²) in [6.45, 7) is 0.971. The maximum Gasteiger partial charge on any atom is 0.313 e. The van der Waals surface area contributed by atoms with Crippen molar-refractivity contribution < 1.29 is 19.7 Å². The molecule has 0 fully saturated rings. The molecule has 0 amide bonds. The number of rotatable bonds is 8. The van der Waals surface area contributed by atoms with Gasteiger partial charge in [-0.1, -0.05) is 11.8 Å². The highest BCUT2D eigenvalue weighted by Crippen LogP contribution is 2.17. The summed E-state index contributed by atoms with van der Waals surface area (Å²) in [5.41, 5.74) is 0. The number of carboxylic acids is 1. The molecular weight excluding hydrogens is 246 g/mol. The number of ether oxygens (including phenoxy) is 1. The second kappa shape index (κ2) is 7.25. The minimum Gasteiger partial charge on any atom is -0.481 e. The van der Waals surface area contributed by atoms with Crippen molar-refractivity contribution in [1.29, 1.82) is 0 Å². The molecule has 8 heteroatoms. The highest BCUT2D eigenvalue weighted by Gasteiger charge is 2.12. The number of nitrogens with zero attached hydrogens (tertiary/aromatic N) is 3. The molecule has 96 valence electrons. The van der Waals surface area contributed by atoms with Crippen molar-refractivity contribution in [3.63, 3.8) is 0 Å². The van der Waals surface area contributed by atoms with Crippen LogP contribution in [0.15, 0.2) is 5.16 Å². The van der Waals surface area contributed by atoms with Crippen molar-refractivity contribution in [2.24, 2.45) is 0 Å². The molecule has 0 atom stereocenters. The zero-order valence-corrected chi connectivity index (χ0v) is 10.3. The van der Waals surface area contributed by atoms with Gasteiger partial charge < -0.3 is 19.5 Å². The highest BCUT2D eigenvalue weighted by molar-refractivity contribution is 7.99. The standard InChI is InChI=1S/C9H15N3O4S/c1-16-4-2-3-12-7(5-13)10-11-9(12)17-6-8(14)15/h13H,2-6H2,1H3,(H,14,15). The Kier molecular flexibility index (Phi) is 5.95. The molecule has 0 aliphatic rings. The van der Waals surface area contributed by atoms with Gasteiger partial charge in [-0.25, -0.2) is 0 Å². The molecule has 1 heterocycles. The number of hydrogen-bond donors (Lipinski definition) is 2. The Hall–Kier alpha value is -1.12. The summed E-state index contributed by atoms with van der Waals surface area (Å²) in [6.07, 6.45) is 0.752.